The van der Waals surface area contributed by atoms with Gasteiger partial charge >= 0.3 is 0 Å². The molecule has 6 rings (SSSR count). The summed E-state index contributed by atoms with van der Waals surface area (Å²) in [7, 11) is 0. The van der Waals surface area contributed by atoms with Crippen LogP contribution in [0.25, 0.3) is 0 Å². The highest BCUT2D eigenvalue weighted by atomic mass is 35.5. The molecule has 3 unspecified atom stereocenters. The van der Waals surface area contributed by atoms with Crippen molar-refractivity contribution < 1.29 is 14.3 Å². The highest BCUT2D eigenvalue weighted by Crippen LogP contribution is 2.50. The van der Waals surface area contributed by atoms with Crippen molar-refractivity contribution >= 4 is 29.1 Å². The molecule has 41 heavy (non-hydrogen) atoms. The van der Waals surface area contributed by atoms with Gasteiger partial charge in [0.15, 0.2) is 5.75 Å². The average Bonchev–Trinajstić information content (AvgIpc) is 3.59. The largest absolute Gasteiger partial charge is 0.490 e. The van der Waals surface area contributed by atoms with Crippen molar-refractivity contribution in [3.63, 3.8) is 0 Å². The lowest BCUT2D eigenvalue weighted by atomic mass is 9.83. The van der Waals surface area contributed by atoms with Crippen LogP contribution >= 0.6 is 23.2 Å². The first-order valence-electron chi connectivity index (χ1n) is 14.8. The number of aryl methyl sites for hydroxylation is 1. The smallest absolute Gasteiger partial charge is 0.227 e. The molecule has 0 radical (unpaired) electrons. The van der Waals surface area contributed by atoms with E-state index in [9.17, 15) is 4.79 Å². The molecular formula is C34H38Cl2N2O3. The van der Waals surface area contributed by atoms with Gasteiger partial charge in [-0.1, -0.05) is 59.6 Å². The molecule has 0 spiro atoms. The summed E-state index contributed by atoms with van der Waals surface area (Å²) in [5, 5.41) is 4.53. The van der Waals surface area contributed by atoms with Crippen LogP contribution in [0.2, 0.25) is 10.0 Å². The Hall–Kier alpha value is -2.73. The van der Waals surface area contributed by atoms with E-state index in [0.717, 1.165) is 38.1 Å². The first-order chi connectivity index (χ1) is 19.9. The van der Waals surface area contributed by atoms with Crippen molar-refractivity contribution in [2.75, 3.05) is 26.3 Å². The predicted molar refractivity (Wildman–Crippen MR) is 164 cm³/mol. The van der Waals surface area contributed by atoms with E-state index in [2.05, 4.69) is 54.4 Å². The Bertz CT molecular complexity index is 1370. The number of rotatable bonds is 10. The topological polar surface area (TPSA) is 50.8 Å². The van der Waals surface area contributed by atoms with Crippen LogP contribution in [0.15, 0.2) is 60.7 Å². The van der Waals surface area contributed by atoms with Crippen LogP contribution in [0.3, 0.4) is 0 Å². The maximum Gasteiger partial charge on any atom is 0.227 e. The summed E-state index contributed by atoms with van der Waals surface area (Å²) < 4.78 is 11.7. The minimum absolute atomic E-state index is 0.00116. The second-order valence-electron chi connectivity index (χ2n) is 11.8. The summed E-state index contributed by atoms with van der Waals surface area (Å²) in [5.41, 5.74) is 5.08. The number of ether oxygens (including phenoxy) is 2. The van der Waals surface area contributed by atoms with Crippen LogP contribution in [0.4, 0.5) is 0 Å². The number of amides is 1. The van der Waals surface area contributed by atoms with Crippen molar-refractivity contribution in [3.05, 3.63) is 93.0 Å². The van der Waals surface area contributed by atoms with Crippen LogP contribution < -0.4 is 14.8 Å². The Morgan fingerprint density at radius 1 is 0.927 bits per heavy atom. The maximum absolute atomic E-state index is 14.4. The van der Waals surface area contributed by atoms with Gasteiger partial charge in [0.25, 0.3) is 0 Å². The van der Waals surface area contributed by atoms with Gasteiger partial charge in [-0.3, -0.25) is 4.79 Å². The zero-order valence-electron chi connectivity index (χ0n) is 23.7. The number of carbonyl (C=O) groups is 1. The molecule has 1 aliphatic heterocycles. The van der Waals surface area contributed by atoms with E-state index in [4.69, 9.17) is 32.7 Å². The molecule has 1 saturated heterocycles. The fourth-order valence-electron chi connectivity index (χ4n) is 6.77. The van der Waals surface area contributed by atoms with Gasteiger partial charge in [-0.05, 0) is 110 Å². The monoisotopic (exact) mass is 592 g/mol. The third-order valence-electron chi connectivity index (χ3n) is 9.28. The number of nitrogens with one attached hydrogen (secondary N) is 1. The number of fused-ring (bicyclic) bond motifs is 1. The molecule has 1 N–H and O–H groups in total. The number of nitrogens with zero attached hydrogens (tertiary/aromatic N) is 1. The van der Waals surface area contributed by atoms with Crippen molar-refractivity contribution in [3.8, 4) is 11.5 Å². The number of hydrogen-bond donors (Lipinski definition) is 1. The van der Waals surface area contributed by atoms with E-state index >= 15 is 0 Å². The van der Waals surface area contributed by atoms with E-state index in [0.29, 0.717) is 59.3 Å². The van der Waals surface area contributed by atoms with Crippen molar-refractivity contribution in [2.45, 2.75) is 51.6 Å². The van der Waals surface area contributed by atoms with Crippen LogP contribution in [-0.4, -0.2) is 43.2 Å². The lowest BCUT2D eigenvalue weighted by molar-refractivity contribution is -0.138. The minimum atomic E-state index is 0.00116. The quantitative estimate of drug-likeness (QED) is 0.253. The number of para-hydroxylation sites is 1. The van der Waals surface area contributed by atoms with Crippen LogP contribution in [0.5, 0.6) is 11.5 Å². The Balaban J connectivity index is 1.14. The molecule has 1 heterocycles. The second kappa shape index (κ2) is 12.2. The third kappa shape index (κ3) is 6.09. The summed E-state index contributed by atoms with van der Waals surface area (Å²) in [4.78, 5) is 16.6. The minimum Gasteiger partial charge on any atom is -0.490 e. The van der Waals surface area contributed by atoms with Crippen molar-refractivity contribution in [1.82, 2.24) is 10.2 Å². The summed E-state index contributed by atoms with van der Waals surface area (Å²) in [6.45, 7) is 7.67. The van der Waals surface area contributed by atoms with E-state index in [1.807, 2.05) is 12.1 Å². The fraction of sp³-hybridized carbons (Fsp3) is 0.441. The van der Waals surface area contributed by atoms with Gasteiger partial charge in [-0.15, -0.1) is 0 Å². The Kier molecular flexibility index (Phi) is 8.48. The standard InChI is InChI=1S/C34H38Cl2N2O3/c1-21-5-3-6-24(22(21)2)20-38(26-11-12-26)34(39)32-28(17-25-18-37-19-29(25)32)23-9-13-27(14-10-23)40-15-16-41-33-30(35)7-4-8-31(33)36/h3-10,13-14,25-26,28-29,32,37H,11-12,15-20H2,1-2H3/t25-,28?,29?,32?/m0/s1. The predicted octanol–water partition coefficient (Wildman–Crippen LogP) is 7.20. The van der Waals surface area contributed by atoms with Crippen LogP contribution in [-0.2, 0) is 11.3 Å². The van der Waals surface area contributed by atoms with Crippen LogP contribution in [0.1, 0.15) is 47.4 Å². The molecule has 3 fully saturated rings. The molecule has 1 amide bonds. The van der Waals surface area contributed by atoms with Crippen molar-refractivity contribution in [2.24, 2.45) is 17.8 Å². The lowest BCUT2D eigenvalue weighted by Crippen LogP contribution is -2.41. The zero-order valence-corrected chi connectivity index (χ0v) is 25.3. The molecule has 3 aliphatic rings. The van der Waals surface area contributed by atoms with Gasteiger partial charge in [-0.2, -0.15) is 0 Å². The van der Waals surface area contributed by atoms with Gasteiger partial charge in [0.1, 0.15) is 19.0 Å². The van der Waals surface area contributed by atoms with Gasteiger partial charge < -0.3 is 19.7 Å². The number of benzene rings is 3. The van der Waals surface area contributed by atoms with E-state index < -0.39 is 0 Å². The molecular weight excluding hydrogens is 555 g/mol. The summed E-state index contributed by atoms with van der Waals surface area (Å²) in [5.74, 6) is 2.74. The molecule has 3 aromatic rings. The highest BCUT2D eigenvalue weighted by molar-refractivity contribution is 6.37. The Morgan fingerprint density at radius 2 is 1.63 bits per heavy atom. The number of hydrogen-bond acceptors (Lipinski definition) is 4. The summed E-state index contributed by atoms with van der Waals surface area (Å²) in [6.07, 6.45) is 3.26. The van der Waals surface area contributed by atoms with Gasteiger partial charge in [0.05, 0.1) is 10.0 Å². The SMILES string of the molecule is Cc1cccc(CN(C(=O)C2C(c3ccc(OCCOc4c(Cl)cccc4Cl)cc3)C[C@H]3CNCC23)C2CC2)c1C. The second-order valence-corrected chi connectivity index (χ2v) is 12.6. The molecule has 3 aromatic carbocycles. The molecule has 0 aromatic heterocycles. The number of carbonyl (C=O) groups excluding carboxylic acids is 1. The van der Waals surface area contributed by atoms with Crippen molar-refractivity contribution in [1.29, 1.82) is 0 Å². The van der Waals surface area contributed by atoms with E-state index in [-0.39, 0.29) is 11.8 Å². The normalized spacial score (nSPS) is 23.3. The first kappa shape index (κ1) is 28.4. The maximum atomic E-state index is 14.4. The molecule has 2 saturated carbocycles. The Labute approximate surface area is 253 Å². The molecule has 2 aliphatic carbocycles. The molecule has 216 valence electrons. The zero-order chi connectivity index (χ0) is 28.5. The molecule has 4 atom stereocenters. The molecule has 7 heteroatoms. The first-order valence-corrected chi connectivity index (χ1v) is 15.5. The lowest BCUT2D eigenvalue weighted by Gasteiger charge is -2.32. The van der Waals surface area contributed by atoms with E-state index in [1.165, 1.54) is 22.3 Å². The Morgan fingerprint density at radius 3 is 2.37 bits per heavy atom. The third-order valence-corrected chi connectivity index (χ3v) is 9.88. The number of halogens is 2. The molecule has 0 bridgehead atoms. The van der Waals surface area contributed by atoms with E-state index in [1.54, 1.807) is 18.2 Å². The average molecular weight is 594 g/mol. The molecule has 5 nitrogen and oxygen atoms in total. The highest BCUT2D eigenvalue weighted by Gasteiger charge is 2.51. The van der Waals surface area contributed by atoms with Gasteiger partial charge in [-0.25, -0.2) is 0 Å². The fourth-order valence-corrected chi connectivity index (χ4v) is 7.27. The van der Waals surface area contributed by atoms with Crippen LogP contribution in [0, 0.1) is 31.6 Å². The van der Waals surface area contributed by atoms with Gasteiger partial charge in [0, 0.05) is 18.5 Å². The summed E-state index contributed by atoms with van der Waals surface area (Å²) in [6, 6.07) is 20.4. The van der Waals surface area contributed by atoms with Gasteiger partial charge in [0.2, 0.25) is 5.91 Å². The summed E-state index contributed by atoms with van der Waals surface area (Å²) >= 11 is 12.4.